The topological polar surface area (TPSA) is 33.7 Å². The molecule has 2 fully saturated rings. The van der Waals surface area contributed by atoms with Crippen molar-refractivity contribution in [1.82, 2.24) is 10.2 Å². The summed E-state index contributed by atoms with van der Waals surface area (Å²) in [7, 11) is 1.72. The minimum Gasteiger partial charge on any atom is -0.382 e. The molecule has 0 spiro atoms. The van der Waals surface area contributed by atoms with E-state index in [9.17, 15) is 0 Å². The van der Waals surface area contributed by atoms with Crippen molar-refractivity contribution >= 4 is 12.4 Å². The minimum absolute atomic E-state index is 0. The Kier molecular flexibility index (Phi) is 8.18. The molecule has 2 aliphatic rings. The van der Waals surface area contributed by atoms with E-state index in [0.717, 1.165) is 19.1 Å². The molecule has 5 heteroatoms. The van der Waals surface area contributed by atoms with Crippen LogP contribution in [0.1, 0.15) is 19.3 Å². The molecule has 108 valence electrons. The molecule has 0 aromatic rings. The summed E-state index contributed by atoms with van der Waals surface area (Å²) >= 11 is 0. The van der Waals surface area contributed by atoms with Gasteiger partial charge in [-0.2, -0.15) is 0 Å². The van der Waals surface area contributed by atoms with Gasteiger partial charge in [-0.3, -0.25) is 0 Å². The highest BCUT2D eigenvalue weighted by atomic mass is 35.5. The number of ether oxygens (including phenoxy) is 2. The molecule has 0 saturated carbocycles. The molecular weight excluding hydrogens is 252 g/mol. The van der Waals surface area contributed by atoms with Gasteiger partial charge in [-0.25, -0.2) is 0 Å². The van der Waals surface area contributed by atoms with Crippen molar-refractivity contribution in [2.75, 3.05) is 53.0 Å². The number of hydrogen-bond donors (Lipinski definition) is 1. The quantitative estimate of drug-likeness (QED) is 0.739. The summed E-state index contributed by atoms with van der Waals surface area (Å²) in [6.45, 7) is 7.45. The van der Waals surface area contributed by atoms with Crippen LogP contribution in [-0.4, -0.2) is 64.1 Å². The van der Waals surface area contributed by atoms with Crippen LogP contribution in [0.4, 0.5) is 0 Å². The zero-order valence-corrected chi connectivity index (χ0v) is 12.2. The smallest absolute Gasteiger partial charge is 0.0715 e. The Morgan fingerprint density at radius 3 is 2.67 bits per heavy atom. The van der Waals surface area contributed by atoms with Gasteiger partial charge in [0.15, 0.2) is 0 Å². The van der Waals surface area contributed by atoms with E-state index in [4.69, 9.17) is 9.47 Å². The number of nitrogens with zero attached hydrogens (tertiary/aromatic N) is 1. The summed E-state index contributed by atoms with van der Waals surface area (Å²) in [5, 5.41) is 3.43. The van der Waals surface area contributed by atoms with Gasteiger partial charge in [0.2, 0.25) is 0 Å². The van der Waals surface area contributed by atoms with Gasteiger partial charge >= 0.3 is 0 Å². The lowest BCUT2D eigenvalue weighted by Gasteiger charge is -2.27. The second-order valence-electron chi connectivity index (χ2n) is 5.23. The Labute approximate surface area is 117 Å². The first-order chi connectivity index (χ1) is 8.38. The summed E-state index contributed by atoms with van der Waals surface area (Å²) in [6.07, 6.45) is 4.30. The Morgan fingerprint density at radius 2 is 1.94 bits per heavy atom. The fourth-order valence-electron chi connectivity index (χ4n) is 2.83. The third-order valence-electron chi connectivity index (χ3n) is 3.85. The monoisotopic (exact) mass is 278 g/mol. The highest BCUT2D eigenvalue weighted by Gasteiger charge is 2.25. The third-order valence-corrected chi connectivity index (χ3v) is 3.85. The van der Waals surface area contributed by atoms with Crippen LogP contribution in [0.5, 0.6) is 0 Å². The van der Waals surface area contributed by atoms with Crippen LogP contribution in [0.2, 0.25) is 0 Å². The maximum absolute atomic E-state index is 5.78. The number of hydrogen-bond acceptors (Lipinski definition) is 4. The van der Waals surface area contributed by atoms with Gasteiger partial charge in [0.05, 0.1) is 19.3 Å². The molecule has 0 aromatic carbocycles. The summed E-state index contributed by atoms with van der Waals surface area (Å²) in [4.78, 5) is 2.58. The molecule has 2 aliphatic heterocycles. The van der Waals surface area contributed by atoms with Crippen molar-refractivity contribution < 1.29 is 9.47 Å². The Morgan fingerprint density at radius 1 is 1.17 bits per heavy atom. The lowest BCUT2D eigenvalue weighted by molar-refractivity contribution is 0.0213. The van der Waals surface area contributed by atoms with Crippen molar-refractivity contribution in [1.29, 1.82) is 0 Å². The molecule has 0 radical (unpaired) electrons. The molecule has 4 nitrogen and oxygen atoms in total. The van der Waals surface area contributed by atoms with Crippen LogP contribution in [0.3, 0.4) is 0 Å². The summed E-state index contributed by atoms with van der Waals surface area (Å²) in [6, 6.07) is 0. The first-order valence-electron chi connectivity index (χ1n) is 6.92. The molecule has 1 atom stereocenters. The summed E-state index contributed by atoms with van der Waals surface area (Å²) in [5.41, 5.74) is 0. The maximum atomic E-state index is 5.78. The highest BCUT2D eigenvalue weighted by molar-refractivity contribution is 5.85. The molecular formula is C13H27ClN2O2. The lowest BCUT2D eigenvalue weighted by atomic mass is 9.98. The number of likely N-dealkylation sites (tertiary alicyclic amines) is 1. The van der Waals surface area contributed by atoms with Gasteiger partial charge in [-0.05, 0) is 38.3 Å². The molecule has 2 rings (SSSR count). The van der Waals surface area contributed by atoms with E-state index in [1.54, 1.807) is 7.11 Å². The highest BCUT2D eigenvalue weighted by Crippen LogP contribution is 2.18. The van der Waals surface area contributed by atoms with Gasteiger partial charge in [-0.15, -0.1) is 12.4 Å². The van der Waals surface area contributed by atoms with E-state index in [2.05, 4.69) is 10.2 Å². The molecule has 18 heavy (non-hydrogen) atoms. The van der Waals surface area contributed by atoms with Crippen LogP contribution in [0.25, 0.3) is 0 Å². The Bertz CT molecular complexity index is 213. The van der Waals surface area contributed by atoms with Gasteiger partial charge in [0.1, 0.15) is 0 Å². The molecule has 1 unspecified atom stereocenters. The number of rotatable bonds is 6. The molecule has 0 aromatic heterocycles. The number of piperidine rings is 1. The molecule has 0 amide bonds. The van der Waals surface area contributed by atoms with Crippen LogP contribution in [0, 0.1) is 5.92 Å². The second-order valence-corrected chi connectivity index (χ2v) is 5.23. The molecule has 2 heterocycles. The van der Waals surface area contributed by atoms with Crippen molar-refractivity contribution in [2.45, 2.75) is 25.4 Å². The fraction of sp³-hybridized carbons (Fsp3) is 1.00. The minimum atomic E-state index is 0. The maximum Gasteiger partial charge on any atom is 0.0715 e. The van der Waals surface area contributed by atoms with Crippen molar-refractivity contribution in [3.8, 4) is 0 Å². The van der Waals surface area contributed by atoms with Crippen molar-refractivity contribution in [3.05, 3.63) is 0 Å². The van der Waals surface area contributed by atoms with Crippen molar-refractivity contribution in [3.63, 3.8) is 0 Å². The standard InChI is InChI=1S/C13H26N2O2.ClH/c1-16-8-9-17-13-4-7-15(11-13)10-12-2-5-14-6-3-12;/h12-14H,2-11H2,1H3;1H. The van der Waals surface area contributed by atoms with Gasteiger partial charge in [0.25, 0.3) is 0 Å². The van der Waals surface area contributed by atoms with E-state index >= 15 is 0 Å². The first-order valence-corrected chi connectivity index (χ1v) is 6.92. The molecule has 2 saturated heterocycles. The van der Waals surface area contributed by atoms with E-state index in [1.165, 1.54) is 45.4 Å². The SMILES string of the molecule is COCCOC1CCN(CC2CCNCC2)C1.Cl. The summed E-state index contributed by atoms with van der Waals surface area (Å²) < 4.78 is 10.8. The number of methoxy groups -OCH3 is 1. The van der Waals surface area contributed by atoms with Crippen LogP contribution >= 0.6 is 12.4 Å². The first kappa shape index (κ1) is 16.2. The van der Waals surface area contributed by atoms with Crippen molar-refractivity contribution in [2.24, 2.45) is 5.92 Å². The largest absolute Gasteiger partial charge is 0.382 e. The summed E-state index contributed by atoms with van der Waals surface area (Å²) in [5.74, 6) is 0.897. The average molecular weight is 279 g/mol. The zero-order valence-electron chi connectivity index (χ0n) is 11.4. The molecule has 1 N–H and O–H groups in total. The van der Waals surface area contributed by atoms with Gasteiger partial charge in [-0.1, -0.05) is 0 Å². The zero-order chi connectivity index (χ0) is 11.9. The van der Waals surface area contributed by atoms with E-state index in [0.29, 0.717) is 12.7 Å². The fourth-order valence-corrected chi connectivity index (χ4v) is 2.83. The third kappa shape index (κ3) is 5.41. The van der Waals surface area contributed by atoms with Crippen LogP contribution in [0.15, 0.2) is 0 Å². The van der Waals surface area contributed by atoms with Crippen LogP contribution < -0.4 is 5.32 Å². The second kappa shape index (κ2) is 9.10. The Hall–Kier alpha value is 0.130. The normalized spacial score (nSPS) is 26.2. The predicted octanol–water partition coefficient (Wildman–Crippen LogP) is 1.15. The predicted molar refractivity (Wildman–Crippen MR) is 75.5 cm³/mol. The van der Waals surface area contributed by atoms with Crippen LogP contribution in [-0.2, 0) is 9.47 Å². The number of halogens is 1. The van der Waals surface area contributed by atoms with E-state index in [-0.39, 0.29) is 12.4 Å². The van der Waals surface area contributed by atoms with E-state index < -0.39 is 0 Å². The van der Waals surface area contributed by atoms with Gasteiger partial charge < -0.3 is 19.7 Å². The lowest BCUT2D eigenvalue weighted by Crippen LogP contribution is -2.35. The van der Waals surface area contributed by atoms with Gasteiger partial charge in [0, 0.05) is 26.7 Å². The average Bonchev–Trinajstić information content (AvgIpc) is 2.79. The number of nitrogens with one attached hydrogen (secondary N) is 1. The van der Waals surface area contributed by atoms with E-state index in [1.807, 2.05) is 0 Å². The Balaban J connectivity index is 0.00000162. The molecule has 0 aliphatic carbocycles. The molecule has 0 bridgehead atoms.